The maximum Gasteiger partial charge on any atom is 0.121 e. The highest BCUT2D eigenvalue weighted by Crippen LogP contribution is 2.29. The predicted octanol–water partition coefficient (Wildman–Crippen LogP) is 3.64. The number of halogens is 2. The summed E-state index contributed by atoms with van der Waals surface area (Å²) in [5.74, 6) is 0.787. The fraction of sp³-hybridized carbons (Fsp3) is 0.500. The Hall–Kier alpha value is -0.440. The number of rotatable bonds is 2. The maximum absolute atomic E-state index is 5.92. The Morgan fingerprint density at radius 2 is 1.75 bits per heavy atom. The smallest absolute Gasteiger partial charge is 0.121 e. The van der Waals surface area contributed by atoms with Crippen molar-refractivity contribution in [3.8, 4) is 5.75 Å². The Bertz CT molecular complexity index is 362. The first-order valence-corrected chi connectivity index (χ1v) is 6.28. The lowest BCUT2D eigenvalue weighted by Crippen LogP contribution is -2.31. The molecule has 0 amide bonds. The molecule has 1 aromatic rings. The molecule has 2 N–H and O–H groups in total. The summed E-state index contributed by atoms with van der Waals surface area (Å²) < 4.78 is 5.84. The van der Waals surface area contributed by atoms with Crippen molar-refractivity contribution in [1.82, 2.24) is 0 Å². The highest BCUT2D eigenvalue weighted by atomic mass is 35.5. The molecule has 0 aromatic heterocycles. The van der Waals surface area contributed by atoms with Gasteiger partial charge in [-0.1, -0.05) is 23.2 Å². The van der Waals surface area contributed by atoms with Gasteiger partial charge in [-0.05, 0) is 37.8 Å². The molecule has 1 aromatic carbocycles. The summed E-state index contributed by atoms with van der Waals surface area (Å²) in [4.78, 5) is 0. The van der Waals surface area contributed by atoms with Crippen LogP contribution in [0.4, 0.5) is 0 Å². The minimum atomic E-state index is 0.261. The van der Waals surface area contributed by atoms with Gasteiger partial charge >= 0.3 is 0 Å². The molecule has 0 radical (unpaired) electrons. The third kappa shape index (κ3) is 3.03. The van der Waals surface area contributed by atoms with Gasteiger partial charge in [0.05, 0.1) is 16.1 Å². The van der Waals surface area contributed by atoms with Crippen LogP contribution < -0.4 is 10.5 Å². The van der Waals surface area contributed by atoms with E-state index in [9.17, 15) is 0 Å². The monoisotopic (exact) mass is 259 g/mol. The fourth-order valence-electron chi connectivity index (χ4n) is 1.95. The van der Waals surface area contributed by atoms with Crippen LogP contribution in [0.2, 0.25) is 10.0 Å². The molecule has 0 aliphatic heterocycles. The standard InChI is InChI=1S/C12H15Cl2NO/c13-11-6-5-10(7-12(11)14)16-9-3-1-8(15)2-4-9/h5-9H,1-4,15H2. The van der Waals surface area contributed by atoms with E-state index in [2.05, 4.69) is 0 Å². The van der Waals surface area contributed by atoms with E-state index < -0.39 is 0 Å². The highest BCUT2D eigenvalue weighted by Gasteiger charge is 2.19. The number of ether oxygens (including phenoxy) is 1. The molecule has 1 fully saturated rings. The number of hydrogen-bond donors (Lipinski definition) is 1. The molecule has 0 bridgehead atoms. The van der Waals surface area contributed by atoms with Gasteiger partial charge in [-0.3, -0.25) is 0 Å². The Morgan fingerprint density at radius 1 is 1.06 bits per heavy atom. The second-order valence-electron chi connectivity index (χ2n) is 4.23. The Labute approximate surface area is 106 Å². The highest BCUT2D eigenvalue weighted by molar-refractivity contribution is 6.42. The molecular formula is C12H15Cl2NO. The van der Waals surface area contributed by atoms with E-state index in [-0.39, 0.29) is 6.10 Å². The number of nitrogens with two attached hydrogens (primary N) is 1. The van der Waals surface area contributed by atoms with Crippen molar-refractivity contribution in [2.75, 3.05) is 0 Å². The van der Waals surface area contributed by atoms with Crippen molar-refractivity contribution in [2.24, 2.45) is 5.73 Å². The molecule has 1 aliphatic rings. The van der Waals surface area contributed by atoms with Crippen molar-refractivity contribution in [3.63, 3.8) is 0 Å². The molecule has 88 valence electrons. The molecule has 0 spiro atoms. The Balaban J connectivity index is 1.96. The van der Waals surface area contributed by atoms with Crippen molar-refractivity contribution < 1.29 is 4.74 Å². The van der Waals surface area contributed by atoms with Gasteiger partial charge in [-0.2, -0.15) is 0 Å². The first-order chi connectivity index (χ1) is 7.65. The zero-order valence-electron chi connectivity index (χ0n) is 8.96. The molecular weight excluding hydrogens is 245 g/mol. The molecule has 0 unspecified atom stereocenters. The number of benzene rings is 1. The van der Waals surface area contributed by atoms with Crippen LogP contribution in [0, 0.1) is 0 Å². The molecule has 0 saturated heterocycles. The fourth-order valence-corrected chi connectivity index (χ4v) is 2.24. The van der Waals surface area contributed by atoms with Gasteiger partial charge in [0.25, 0.3) is 0 Å². The van der Waals surface area contributed by atoms with Crippen LogP contribution in [0.5, 0.6) is 5.75 Å². The van der Waals surface area contributed by atoms with Crippen molar-refractivity contribution in [3.05, 3.63) is 28.2 Å². The summed E-state index contributed by atoms with van der Waals surface area (Å²) in [5.41, 5.74) is 5.84. The maximum atomic E-state index is 5.92. The molecule has 0 heterocycles. The minimum absolute atomic E-state index is 0.261. The lowest BCUT2D eigenvalue weighted by molar-refractivity contribution is 0.147. The zero-order chi connectivity index (χ0) is 11.5. The Morgan fingerprint density at radius 3 is 2.38 bits per heavy atom. The van der Waals surface area contributed by atoms with Gasteiger partial charge in [-0.25, -0.2) is 0 Å². The lowest BCUT2D eigenvalue weighted by Gasteiger charge is -2.26. The van der Waals surface area contributed by atoms with Gasteiger partial charge in [0.15, 0.2) is 0 Å². The van der Waals surface area contributed by atoms with Crippen LogP contribution in [0.15, 0.2) is 18.2 Å². The van der Waals surface area contributed by atoms with Crippen LogP contribution in [-0.2, 0) is 0 Å². The van der Waals surface area contributed by atoms with E-state index in [1.54, 1.807) is 12.1 Å². The molecule has 2 nitrogen and oxygen atoms in total. The van der Waals surface area contributed by atoms with Crippen LogP contribution in [0.1, 0.15) is 25.7 Å². The summed E-state index contributed by atoms with van der Waals surface area (Å²) in [7, 11) is 0. The van der Waals surface area contributed by atoms with Gasteiger partial charge in [0.1, 0.15) is 5.75 Å². The van der Waals surface area contributed by atoms with Crippen molar-refractivity contribution in [2.45, 2.75) is 37.8 Å². The van der Waals surface area contributed by atoms with E-state index in [1.807, 2.05) is 6.07 Å². The van der Waals surface area contributed by atoms with E-state index in [0.717, 1.165) is 31.4 Å². The van der Waals surface area contributed by atoms with Crippen LogP contribution in [-0.4, -0.2) is 12.1 Å². The first-order valence-electron chi connectivity index (χ1n) is 5.52. The Kier molecular flexibility index (Phi) is 3.95. The molecule has 4 heteroatoms. The molecule has 0 atom stereocenters. The molecule has 1 aliphatic carbocycles. The SMILES string of the molecule is NC1CCC(Oc2ccc(Cl)c(Cl)c2)CC1. The summed E-state index contributed by atoms with van der Waals surface area (Å²) in [6.07, 6.45) is 4.36. The quantitative estimate of drug-likeness (QED) is 0.881. The summed E-state index contributed by atoms with van der Waals surface area (Å²) >= 11 is 11.8. The largest absolute Gasteiger partial charge is 0.490 e. The van der Waals surface area contributed by atoms with Gasteiger partial charge < -0.3 is 10.5 Å². The lowest BCUT2D eigenvalue weighted by atomic mass is 9.94. The predicted molar refractivity (Wildman–Crippen MR) is 67.3 cm³/mol. The summed E-state index contributed by atoms with van der Waals surface area (Å²) in [6.45, 7) is 0. The van der Waals surface area contributed by atoms with Crippen molar-refractivity contribution >= 4 is 23.2 Å². The first kappa shape index (κ1) is 12.0. The third-order valence-electron chi connectivity index (χ3n) is 2.91. The van der Waals surface area contributed by atoms with Gasteiger partial charge in [0.2, 0.25) is 0 Å². The van der Waals surface area contributed by atoms with Crippen LogP contribution in [0.25, 0.3) is 0 Å². The van der Waals surface area contributed by atoms with E-state index in [0.29, 0.717) is 16.1 Å². The van der Waals surface area contributed by atoms with Crippen molar-refractivity contribution in [1.29, 1.82) is 0 Å². The van der Waals surface area contributed by atoms with Crippen LogP contribution in [0.3, 0.4) is 0 Å². The molecule has 16 heavy (non-hydrogen) atoms. The summed E-state index contributed by atoms with van der Waals surface area (Å²) in [6, 6.07) is 5.71. The normalized spacial score (nSPS) is 25.4. The van der Waals surface area contributed by atoms with Gasteiger partial charge in [0, 0.05) is 12.1 Å². The average molecular weight is 260 g/mol. The molecule has 1 saturated carbocycles. The average Bonchev–Trinajstić information content (AvgIpc) is 2.27. The van der Waals surface area contributed by atoms with E-state index in [4.69, 9.17) is 33.7 Å². The van der Waals surface area contributed by atoms with E-state index in [1.165, 1.54) is 0 Å². The topological polar surface area (TPSA) is 35.2 Å². The second-order valence-corrected chi connectivity index (χ2v) is 5.04. The second kappa shape index (κ2) is 5.26. The third-order valence-corrected chi connectivity index (χ3v) is 3.65. The minimum Gasteiger partial charge on any atom is -0.490 e. The van der Waals surface area contributed by atoms with Gasteiger partial charge in [-0.15, -0.1) is 0 Å². The zero-order valence-corrected chi connectivity index (χ0v) is 10.5. The summed E-state index contributed by atoms with van der Waals surface area (Å²) in [5, 5.41) is 1.09. The van der Waals surface area contributed by atoms with E-state index >= 15 is 0 Å². The molecule has 2 rings (SSSR count). The number of hydrogen-bond acceptors (Lipinski definition) is 2. The van der Waals surface area contributed by atoms with Crippen LogP contribution >= 0.6 is 23.2 Å².